The number of halogens is 1. The van der Waals surface area contributed by atoms with Gasteiger partial charge < -0.3 is 24.8 Å². The topological polar surface area (TPSA) is 68.8 Å². The number of benzene rings is 1. The van der Waals surface area contributed by atoms with Crippen LogP contribution in [0.2, 0.25) is 0 Å². The van der Waals surface area contributed by atoms with Crippen molar-refractivity contribution < 1.29 is 19.0 Å². The molecular formula is C18H29ClN2O4. The van der Waals surface area contributed by atoms with Crippen LogP contribution in [0.15, 0.2) is 18.2 Å². The molecule has 1 fully saturated rings. The van der Waals surface area contributed by atoms with Gasteiger partial charge in [-0.15, -0.1) is 12.4 Å². The Kier molecular flexibility index (Phi) is 9.03. The first-order valence-corrected chi connectivity index (χ1v) is 8.30. The zero-order valence-electron chi connectivity index (χ0n) is 15.2. The van der Waals surface area contributed by atoms with E-state index in [1.54, 1.807) is 21.3 Å². The smallest absolute Gasteiger partial charge is 0.224 e. The highest BCUT2D eigenvalue weighted by Gasteiger charge is 2.32. The van der Waals surface area contributed by atoms with E-state index >= 15 is 0 Å². The molecule has 1 aliphatic heterocycles. The molecule has 1 aromatic carbocycles. The number of piperidine rings is 1. The van der Waals surface area contributed by atoms with E-state index in [1.807, 2.05) is 18.2 Å². The minimum absolute atomic E-state index is 0. The molecule has 0 bridgehead atoms. The van der Waals surface area contributed by atoms with Crippen LogP contribution in [0.4, 0.5) is 0 Å². The number of nitrogens with one attached hydrogen (secondary N) is 2. The molecule has 1 heterocycles. The summed E-state index contributed by atoms with van der Waals surface area (Å²) in [6.07, 6.45) is 2.27. The van der Waals surface area contributed by atoms with E-state index in [-0.39, 0.29) is 30.2 Å². The first-order chi connectivity index (χ1) is 11.6. The molecule has 6 nitrogen and oxygen atoms in total. The fraction of sp³-hybridized carbons (Fsp3) is 0.611. The van der Waals surface area contributed by atoms with Crippen LogP contribution in [0.3, 0.4) is 0 Å². The first kappa shape index (κ1) is 21.5. The molecule has 0 radical (unpaired) electrons. The molecule has 0 atom stereocenters. The zero-order chi connectivity index (χ0) is 17.4. The van der Waals surface area contributed by atoms with Gasteiger partial charge in [0.25, 0.3) is 0 Å². The SMILES string of the molecule is COCC1(CNC(=O)Cc2cc(OC)ccc2OC)CCNCC1.Cl. The highest BCUT2D eigenvalue weighted by Crippen LogP contribution is 2.28. The van der Waals surface area contributed by atoms with Crippen LogP contribution in [0.1, 0.15) is 18.4 Å². The van der Waals surface area contributed by atoms with Crippen molar-refractivity contribution in [1.82, 2.24) is 10.6 Å². The normalized spacial score (nSPS) is 15.8. The van der Waals surface area contributed by atoms with E-state index in [4.69, 9.17) is 14.2 Å². The molecule has 0 spiro atoms. The summed E-state index contributed by atoms with van der Waals surface area (Å²) in [4.78, 5) is 12.4. The lowest BCUT2D eigenvalue weighted by molar-refractivity contribution is -0.121. The van der Waals surface area contributed by atoms with Crippen LogP contribution in [-0.4, -0.2) is 53.5 Å². The molecule has 1 amide bonds. The summed E-state index contributed by atoms with van der Waals surface area (Å²) in [6.45, 7) is 3.22. The van der Waals surface area contributed by atoms with Crippen molar-refractivity contribution in [3.63, 3.8) is 0 Å². The molecule has 0 saturated carbocycles. The van der Waals surface area contributed by atoms with Gasteiger partial charge in [-0.2, -0.15) is 0 Å². The molecule has 2 N–H and O–H groups in total. The number of carbonyl (C=O) groups excluding carboxylic acids is 1. The lowest BCUT2D eigenvalue weighted by atomic mass is 9.79. The van der Waals surface area contributed by atoms with E-state index in [1.165, 1.54) is 0 Å². The Hall–Kier alpha value is -1.50. The Morgan fingerprint density at radius 2 is 1.92 bits per heavy atom. The number of methoxy groups -OCH3 is 3. The van der Waals surface area contributed by atoms with Crippen LogP contribution in [-0.2, 0) is 16.0 Å². The molecule has 7 heteroatoms. The van der Waals surface area contributed by atoms with Crippen LogP contribution in [0.5, 0.6) is 11.5 Å². The third kappa shape index (κ3) is 6.06. The third-order valence-electron chi connectivity index (χ3n) is 4.61. The lowest BCUT2D eigenvalue weighted by Crippen LogP contribution is -2.47. The Bertz CT molecular complexity index is 542. The van der Waals surface area contributed by atoms with Crippen molar-refractivity contribution >= 4 is 18.3 Å². The fourth-order valence-electron chi connectivity index (χ4n) is 3.18. The molecule has 0 aromatic heterocycles. The van der Waals surface area contributed by atoms with Crippen molar-refractivity contribution in [1.29, 1.82) is 0 Å². The molecule has 25 heavy (non-hydrogen) atoms. The fourth-order valence-corrected chi connectivity index (χ4v) is 3.18. The van der Waals surface area contributed by atoms with E-state index in [0.29, 0.717) is 24.7 Å². The monoisotopic (exact) mass is 372 g/mol. The maximum absolute atomic E-state index is 12.4. The number of hydrogen-bond acceptors (Lipinski definition) is 5. The average molecular weight is 373 g/mol. The van der Waals surface area contributed by atoms with Crippen LogP contribution < -0.4 is 20.1 Å². The molecule has 1 saturated heterocycles. The van der Waals surface area contributed by atoms with Gasteiger partial charge in [-0.05, 0) is 44.1 Å². The summed E-state index contributed by atoms with van der Waals surface area (Å²) < 4.78 is 15.9. The van der Waals surface area contributed by atoms with Gasteiger partial charge in [-0.3, -0.25) is 4.79 Å². The van der Waals surface area contributed by atoms with Crippen LogP contribution in [0.25, 0.3) is 0 Å². The lowest BCUT2D eigenvalue weighted by Gasteiger charge is -2.37. The predicted molar refractivity (Wildman–Crippen MR) is 99.9 cm³/mol. The number of amides is 1. The Balaban J connectivity index is 0.00000312. The maximum atomic E-state index is 12.4. The number of carbonyl (C=O) groups is 1. The zero-order valence-corrected chi connectivity index (χ0v) is 16.0. The second kappa shape index (κ2) is 10.5. The predicted octanol–water partition coefficient (Wildman–Crippen LogP) is 1.80. The molecule has 2 rings (SSSR count). The van der Waals surface area contributed by atoms with Crippen molar-refractivity contribution in [2.45, 2.75) is 19.3 Å². The second-order valence-electron chi connectivity index (χ2n) is 6.31. The Morgan fingerprint density at radius 3 is 2.52 bits per heavy atom. The second-order valence-corrected chi connectivity index (χ2v) is 6.31. The molecule has 1 aliphatic rings. The highest BCUT2D eigenvalue weighted by molar-refractivity contribution is 5.85. The standard InChI is InChI=1S/C18H28N2O4.ClH/c1-22-13-18(6-8-19-9-7-18)12-20-17(21)11-14-10-15(23-2)4-5-16(14)24-3;/h4-5,10,19H,6-9,11-13H2,1-3H3,(H,20,21);1H. The minimum atomic E-state index is -0.0180. The summed E-state index contributed by atoms with van der Waals surface area (Å²) in [5.41, 5.74) is 0.842. The van der Waals surface area contributed by atoms with Crippen molar-refractivity contribution in [2.75, 3.05) is 47.6 Å². The van der Waals surface area contributed by atoms with Crippen molar-refractivity contribution in [3.8, 4) is 11.5 Å². The van der Waals surface area contributed by atoms with E-state index < -0.39 is 0 Å². The summed E-state index contributed by atoms with van der Waals surface area (Å²) in [7, 11) is 4.93. The minimum Gasteiger partial charge on any atom is -0.497 e. The Labute approximate surface area is 156 Å². The quantitative estimate of drug-likeness (QED) is 0.728. The summed E-state index contributed by atoms with van der Waals surface area (Å²) >= 11 is 0. The van der Waals surface area contributed by atoms with Gasteiger partial charge in [-0.1, -0.05) is 0 Å². The van der Waals surface area contributed by atoms with E-state index in [2.05, 4.69) is 10.6 Å². The molecular weight excluding hydrogens is 344 g/mol. The van der Waals surface area contributed by atoms with Gasteiger partial charge in [-0.25, -0.2) is 0 Å². The van der Waals surface area contributed by atoms with Gasteiger partial charge in [0.05, 0.1) is 27.2 Å². The van der Waals surface area contributed by atoms with Crippen LogP contribution in [0, 0.1) is 5.41 Å². The largest absolute Gasteiger partial charge is 0.497 e. The molecule has 0 aliphatic carbocycles. The van der Waals surface area contributed by atoms with Gasteiger partial charge in [0.1, 0.15) is 11.5 Å². The van der Waals surface area contributed by atoms with E-state index in [9.17, 15) is 4.79 Å². The molecule has 1 aromatic rings. The van der Waals surface area contributed by atoms with Crippen molar-refractivity contribution in [2.24, 2.45) is 5.41 Å². The third-order valence-corrected chi connectivity index (χ3v) is 4.61. The Morgan fingerprint density at radius 1 is 1.20 bits per heavy atom. The first-order valence-electron chi connectivity index (χ1n) is 8.30. The highest BCUT2D eigenvalue weighted by atomic mass is 35.5. The number of ether oxygens (including phenoxy) is 3. The van der Waals surface area contributed by atoms with Crippen molar-refractivity contribution in [3.05, 3.63) is 23.8 Å². The summed E-state index contributed by atoms with van der Waals surface area (Å²) in [5, 5.41) is 6.43. The molecule has 0 unspecified atom stereocenters. The summed E-state index contributed by atoms with van der Waals surface area (Å²) in [6, 6.07) is 5.48. The van der Waals surface area contributed by atoms with Crippen LogP contribution >= 0.6 is 12.4 Å². The van der Waals surface area contributed by atoms with Gasteiger partial charge in [0.2, 0.25) is 5.91 Å². The number of rotatable bonds is 8. The van der Waals surface area contributed by atoms with Gasteiger partial charge >= 0.3 is 0 Å². The maximum Gasteiger partial charge on any atom is 0.224 e. The summed E-state index contributed by atoms with van der Waals surface area (Å²) in [5.74, 6) is 1.39. The molecule has 142 valence electrons. The van der Waals surface area contributed by atoms with Gasteiger partial charge in [0.15, 0.2) is 0 Å². The average Bonchev–Trinajstić information content (AvgIpc) is 2.61. The van der Waals surface area contributed by atoms with Gasteiger partial charge in [0, 0.05) is 24.6 Å². The van der Waals surface area contributed by atoms with E-state index in [0.717, 1.165) is 31.5 Å². The number of hydrogen-bond donors (Lipinski definition) is 2.